The van der Waals surface area contributed by atoms with Gasteiger partial charge < -0.3 is 27.9 Å². The van der Waals surface area contributed by atoms with Crippen LogP contribution in [-0.2, 0) is 27.9 Å². The van der Waals surface area contributed by atoms with Gasteiger partial charge in [-0.15, -0.1) is 0 Å². The van der Waals surface area contributed by atoms with Crippen molar-refractivity contribution < 1.29 is 37.3 Å². The maximum absolute atomic E-state index is 12.2. The molecule has 0 spiro atoms. The molecule has 0 N–H and O–H groups in total. The molecule has 0 amide bonds. The summed E-state index contributed by atoms with van der Waals surface area (Å²) in [5, 5.41) is 0. The van der Waals surface area contributed by atoms with E-state index in [0.717, 1.165) is 32.1 Å². The Morgan fingerprint density at radius 1 is 0.646 bits per heavy atom. The standard InChI is InChI=1S/C39H76NO7P/c1-6-8-10-11-12-13-14-15-16-17-18-19-20-21-22-23-24-25-26-27-28-29-30-31-34-44-36-38(47-39(41)32-9-7-2)37-46-48(42,43)45-35-33-40(3,4)5/h14-15,17-18,38H,6-13,16,19-37H2,1-5H3/b15-14-,18-17-. The first-order valence-electron chi connectivity index (χ1n) is 19.6. The van der Waals surface area contributed by atoms with Crippen molar-refractivity contribution in [3.8, 4) is 0 Å². The normalized spacial score (nSPS) is 14.2. The average molecular weight is 702 g/mol. The van der Waals surface area contributed by atoms with Gasteiger partial charge in [0.25, 0.3) is 7.82 Å². The van der Waals surface area contributed by atoms with E-state index in [1.807, 2.05) is 28.1 Å². The number of esters is 1. The maximum Gasteiger partial charge on any atom is 0.306 e. The number of hydrogen-bond acceptors (Lipinski definition) is 7. The number of allylic oxidation sites excluding steroid dienone is 4. The van der Waals surface area contributed by atoms with Gasteiger partial charge in [-0.25, -0.2) is 0 Å². The highest BCUT2D eigenvalue weighted by Crippen LogP contribution is 2.38. The highest BCUT2D eigenvalue weighted by molar-refractivity contribution is 7.45. The topological polar surface area (TPSA) is 94.1 Å². The molecular weight excluding hydrogens is 625 g/mol. The lowest BCUT2D eigenvalue weighted by Gasteiger charge is -2.28. The Morgan fingerprint density at radius 3 is 1.67 bits per heavy atom. The smallest absolute Gasteiger partial charge is 0.306 e. The summed E-state index contributed by atoms with van der Waals surface area (Å²) in [5.41, 5.74) is 0. The van der Waals surface area contributed by atoms with Gasteiger partial charge in [-0.1, -0.05) is 134 Å². The number of phosphoric acid groups is 1. The van der Waals surface area contributed by atoms with Crippen molar-refractivity contribution in [2.75, 3.05) is 54.1 Å². The van der Waals surface area contributed by atoms with E-state index < -0.39 is 13.9 Å². The predicted molar refractivity (Wildman–Crippen MR) is 199 cm³/mol. The summed E-state index contributed by atoms with van der Waals surface area (Å²) >= 11 is 0. The van der Waals surface area contributed by atoms with Crippen molar-refractivity contribution in [1.82, 2.24) is 0 Å². The molecule has 0 radical (unpaired) electrons. The molecule has 0 aromatic rings. The highest BCUT2D eigenvalue weighted by atomic mass is 31.2. The molecule has 0 bridgehead atoms. The van der Waals surface area contributed by atoms with E-state index in [1.165, 1.54) is 109 Å². The number of ether oxygens (including phenoxy) is 2. The lowest BCUT2D eigenvalue weighted by atomic mass is 10.0. The average Bonchev–Trinajstić information content (AvgIpc) is 3.03. The van der Waals surface area contributed by atoms with Gasteiger partial charge >= 0.3 is 5.97 Å². The van der Waals surface area contributed by atoms with Gasteiger partial charge in [0.1, 0.15) is 19.3 Å². The minimum absolute atomic E-state index is 0.0258. The summed E-state index contributed by atoms with van der Waals surface area (Å²) in [6, 6.07) is 0. The fourth-order valence-electron chi connectivity index (χ4n) is 5.14. The van der Waals surface area contributed by atoms with Crippen LogP contribution in [0, 0.1) is 0 Å². The lowest BCUT2D eigenvalue weighted by Crippen LogP contribution is -2.37. The number of carbonyl (C=O) groups excluding carboxylic acids is 1. The first-order valence-corrected chi connectivity index (χ1v) is 21.0. The van der Waals surface area contributed by atoms with Crippen LogP contribution in [0.2, 0.25) is 0 Å². The summed E-state index contributed by atoms with van der Waals surface area (Å²) in [5.74, 6) is -0.369. The van der Waals surface area contributed by atoms with Crippen LogP contribution < -0.4 is 4.89 Å². The van der Waals surface area contributed by atoms with E-state index in [0.29, 0.717) is 17.6 Å². The Labute approximate surface area is 296 Å². The summed E-state index contributed by atoms with van der Waals surface area (Å²) in [4.78, 5) is 24.3. The summed E-state index contributed by atoms with van der Waals surface area (Å²) in [6.07, 6.45) is 35.9. The van der Waals surface area contributed by atoms with Gasteiger partial charge in [0.15, 0.2) is 0 Å². The summed E-state index contributed by atoms with van der Waals surface area (Å²) in [7, 11) is 1.35. The van der Waals surface area contributed by atoms with Gasteiger partial charge in [0, 0.05) is 13.0 Å². The van der Waals surface area contributed by atoms with Crippen molar-refractivity contribution in [1.29, 1.82) is 0 Å². The number of nitrogens with zero attached hydrogens (tertiary/aromatic N) is 1. The molecular formula is C39H76NO7P. The molecule has 8 nitrogen and oxygen atoms in total. The molecule has 0 saturated carbocycles. The molecule has 0 aromatic carbocycles. The minimum atomic E-state index is -4.49. The van der Waals surface area contributed by atoms with Crippen LogP contribution >= 0.6 is 7.82 Å². The van der Waals surface area contributed by atoms with Gasteiger partial charge in [-0.2, -0.15) is 0 Å². The molecule has 9 heteroatoms. The van der Waals surface area contributed by atoms with E-state index in [-0.39, 0.29) is 32.2 Å². The molecule has 0 aliphatic carbocycles. The van der Waals surface area contributed by atoms with Gasteiger partial charge in [-0.3, -0.25) is 9.36 Å². The fourth-order valence-corrected chi connectivity index (χ4v) is 5.87. The minimum Gasteiger partial charge on any atom is -0.756 e. The van der Waals surface area contributed by atoms with E-state index in [1.54, 1.807) is 0 Å². The molecule has 284 valence electrons. The Hall–Kier alpha value is -1.02. The van der Waals surface area contributed by atoms with Crippen LogP contribution in [0.4, 0.5) is 0 Å². The Bertz CT molecular complexity index is 828. The van der Waals surface area contributed by atoms with Crippen molar-refractivity contribution in [2.24, 2.45) is 0 Å². The number of phosphoric ester groups is 1. The third kappa shape index (κ3) is 36.3. The zero-order valence-electron chi connectivity index (χ0n) is 31.9. The molecule has 0 aliphatic rings. The highest BCUT2D eigenvalue weighted by Gasteiger charge is 2.20. The second-order valence-corrected chi connectivity index (χ2v) is 15.7. The zero-order valence-corrected chi connectivity index (χ0v) is 32.8. The second kappa shape index (κ2) is 33.1. The predicted octanol–water partition coefficient (Wildman–Crippen LogP) is 10.2. The van der Waals surface area contributed by atoms with E-state index >= 15 is 0 Å². The third-order valence-electron chi connectivity index (χ3n) is 8.26. The molecule has 0 saturated heterocycles. The largest absolute Gasteiger partial charge is 0.756 e. The SMILES string of the molecule is CCCCCCC/C=C\C/C=C\CCCCCCCCCCCCCCOCC(COP(=O)([O-])OCC[N+](C)(C)C)OC(=O)CCCC. The van der Waals surface area contributed by atoms with Crippen LogP contribution in [0.5, 0.6) is 0 Å². The summed E-state index contributed by atoms with van der Waals surface area (Å²) in [6.45, 7) is 5.15. The first-order chi connectivity index (χ1) is 23.1. The fraction of sp³-hybridized carbons (Fsp3) is 0.872. The first kappa shape index (κ1) is 47.0. The Balaban J connectivity index is 3.79. The van der Waals surface area contributed by atoms with Crippen LogP contribution in [0.15, 0.2) is 24.3 Å². The lowest BCUT2D eigenvalue weighted by molar-refractivity contribution is -0.870. The third-order valence-corrected chi connectivity index (χ3v) is 9.22. The zero-order chi connectivity index (χ0) is 35.6. The number of likely N-dealkylation sites (N-methyl/N-ethyl adjacent to an activating group) is 1. The van der Waals surface area contributed by atoms with Crippen molar-refractivity contribution in [2.45, 2.75) is 168 Å². The van der Waals surface area contributed by atoms with Crippen LogP contribution in [0.3, 0.4) is 0 Å². The number of carbonyl (C=O) groups is 1. The Kier molecular flexibility index (Phi) is 32.4. The maximum atomic E-state index is 12.2. The van der Waals surface area contributed by atoms with Crippen LogP contribution in [-0.4, -0.2) is 70.7 Å². The molecule has 0 fully saturated rings. The summed E-state index contributed by atoms with van der Waals surface area (Å²) < 4.78 is 33.9. The van der Waals surface area contributed by atoms with Crippen molar-refractivity contribution in [3.05, 3.63) is 24.3 Å². The van der Waals surface area contributed by atoms with Gasteiger partial charge in [0.05, 0.1) is 34.4 Å². The van der Waals surface area contributed by atoms with E-state index in [4.69, 9.17) is 18.5 Å². The molecule has 2 unspecified atom stereocenters. The monoisotopic (exact) mass is 702 g/mol. The van der Waals surface area contributed by atoms with E-state index in [9.17, 15) is 14.3 Å². The number of quaternary nitrogens is 1. The molecule has 0 aromatic heterocycles. The number of unbranched alkanes of at least 4 members (excludes halogenated alkanes) is 18. The van der Waals surface area contributed by atoms with Gasteiger partial charge in [0.2, 0.25) is 0 Å². The molecule has 0 heterocycles. The second-order valence-electron chi connectivity index (χ2n) is 14.3. The van der Waals surface area contributed by atoms with Crippen LogP contribution in [0.25, 0.3) is 0 Å². The number of hydrogen-bond donors (Lipinski definition) is 0. The number of rotatable bonds is 36. The van der Waals surface area contributed by atoms with Crippen molar-refractivity contribution >= 4 is 13.8 Å². The Morgan fingerprint density at radius 2 is 1.15 bits per heavy atom. The van der Waals surface area contributed by atoms with E-state index in [2.05, 4.69) is 31.2 Å². The molecule has 0 rings (SSSR count). The molecule has 48 heavy (non-hydrogen) atoms. The van der Waals surface area contributed by atoms with Gasteiger partial charge in [-0.05, 0) is 44.9 Å². The van der Waals surface area contributed by atoms with Crippen LogP contribution in [0.1, 0.15) is 162 Å². The van der Waals surface area contributed by atoms with Crippen molar-refractivity contribution in [3.63, 3.8) is 0 Å². The quantitative estimate of drug-likeness (QED) is 0.0211. The molecule has 2 atom stereocenters. The molecule has 0 aliphatic heterocycles.